The van der Waals surface area contributed by atoms with E-state index >= 15 is 0 Å². The first-order chi connectivity index (χ1) is 20.1. The summed E-state index contributed by atoms with van der Waals surface area (Å²) >= 11 is 6.04. The van der Waals surface area contributed by atoms with Crippen molar-refractivity contribution in [3.63, 3.8) is 0 Å². The first-order valence-electron chi connectivity index (χ1n) is 13.8. The lowest BCUT2D eigenvalue weighted by Gasteiger charge is -2.25. The van der Waals surface area contributed by atoms with Crippen LogP contribution in [0.5, 0.6) is 17.2 Å². The van der Waals surface area contributed by atoms with Gasteiger partial charge in [-0.3, -0.25) is 4.79 Å². The van der Waals surface area contributed by atoms with Crippen LogP contribution in [0.15, 0.2) is 41.7 Å². The molecule has 10 nitrogen and oxygen atoms in total. The van der Waals surface area contributed by atoms with E-state index in [1.807, 2.05) is 20.8 Å². The molecule has 0 aromatic heterocycles. The number of carbonyl (C=O) groups is 2. The van der Waals surface area contributed by atoms with Crippen molar-refractivity contribution in [3.8, 4) is 17.2 Å². The number of amides is 2. The molecule has 1 saturated heterocycles. The molecule has 3 aliphatic rings. The number of fused-ring (bicyclic) bond motifs is 1. The Bertz CT molecular complexity index is 1550. The predicted molar refractivity (Wildman–Crippen MR) is 158 cm³/mol. The van der Waals surface area contributed by atoms with Crippen LogP contribution in [-0.4, -0.2) is 45.7 Å². The standard InChI is InChI=1S/C17H17ClFNO4.C13H18O5S/c1-9(2)15-16(21)20(17(22)24-15)13-8-14(11(18)7-12(13)19)23-10-5-3-4-6-10;1-5-16-12-13(2,3)10-8-9(18-19(4,14)15)6-7-11(10)17-12/h7-8,10H,3-6H2,1-2H3;6-8,12H,5H2,1-4H3. The van der Waals surface area contributed by atoms with Gasteiger partial charge < -0.3 is 23.1 Å². The second kappa shape index (κ2) is 12.7. The van der Waals surface area contributed by atoms with Crippen LogP contribution in [0.1, 0.15) is 65.9 Å². The Morgan fingerprint density at radius 3 is 2.40 bits per heavy atom. The number of anilines is 1. The molecule has 43 heavy (non-hydrogen) atoms. The molecule has 2 amide bonds. The van der Waals surface area contributed by atoms with Crippen molar-refractivity contribution in [1.82, 2.24) is 0 Å². The average molecular weight is 640 g/mol. The predicted octanol–water partition coefficient (Wildman–Crippen LogP) is 6.64. The second-order valence-electron chi connectivity index (χ2n) is 11.2. The van der Waals surface area contributed by atoms with Crippen LogP contribution in [0.25, 0.3) is 0 Å². The van der Waals surface area contributed by atoms with Crippen molar-refractivity contribution in [3.05, 3.63) is 58.1 Å². The number of ether oxygens (including phenoxy) is 4. The molecule has 0 N–H and O–H groups in total. The van der Waals surface area contributed by atoms with Crippen LogP contribution in [0.4, 0.5) is 14.9 Å². The van der Waals surface area contributed by atoms with Crippen molar-refractivity contribution in [2.24, 2.45) is 0 Å². The normalized spacial score (nSPS) is 19.4. The Morgan fingerprint density at radius 1 is 1.14 bits per heavy atom. The highest BCUT2D eigenvalue weighted by atomic mass is 35.5. The van der Waals surface area contributed by atoms with Gasteiger partial charge in [-0.05, 0) is 90.1 Å². The Balaban J connectivity index is 0.000000203. The molecule has 2 aliphatic heterocycles. The fourth-order valence-corrected chi connectivity index (χ4v) is 5.62. The van der Waals surface area contributed by atoms with Crippen molar-refractivity contribution >= 4 is 39.4 Å². The summed E-state index contributed by atoms with van der Waals surface area (Å²) in [4.78, 5) is 25.0. The molecule has 2 heterocycles. The van der Waals surface area contributed by atoms with Gasteiger partial charge in [0.1, 0.15) is 23.1 Å². The summed E-state index contributed by atoms with van der Waals surface area (Å²) in [6.07, 6.45) is 3.64. The molecule has 2 fully saturated rings. The molecule has 0 radical (unpaired) electrons. The highest BCUT2D eigenvalue weighted by Gasteiger charge is 2.43. The Kier molecular flexibility index (Phi) is 9.63. The summed E-state index contributed by atoms with van der Waals surface area (Å²) in [6, 6.07) is 7.29. The number of hydrogen-bond donors (Lipinski definition) is 0. The Hall–Kier alpha value is -3.35. The third-order valence-corrected chi connectivity index (χ3v) is 7.89. The summed E-state index contributed by atoms with van der Waals surface area (Å²) in [6.45, 7) is 9.70. The van der Waals surface area contributed by atoms with E-state index in [2.05, 4.69) is 0 Å². The number of allylic oxidation sites excluding steroid dienone is 1. The summed E-state index contributed by atoms with van der Waals surface area (Å²) < 4.78 is 63.5. The van der Waals surface area contributed by atoms with Crippen molar-refractivity contribution < 1.29 is 45.5 Å². The van der Waals surface area contributed by atoms with Gasteiger partial charge in [0.25, 0.3) is 0 Å². The monoisotopic (exact) mass is 639 g/mol. The molecule has 2 aromatic carbocycles. The Morgan fingerprint density at radius 2 is 1.81 bits per heavy atom. The van der Waals surface area contributed by atoms with Crippen LogP contribution in [0.2, 0.25) is 5.02 Å². The van der Waals surface area contributed by atoms with Gasteiger partial charge in [0.05, 0.1) is 28.5 Å². The fourth-order valence-electron chi connectivity index (χ4n) is 4.98. The van der Waals surface area contributed by atoms with E-state index in [4.69, 9.17) is 34.7 Å². The molecule has 1 unspecified atom stereocenters. The lowest BCUT2D eigenvalue weighted by molar-refractivity contribution is -0.114. The lowest BCUT2D eigenvalue weighted by atomic mass is 9.85. The maximum absolute atomic E-state index is 14.3. The molecule has 5 rings (SSSR count). The number of cyclic esters (lactones) is 1. The third kappa shape index (κ3) is 7.25. The van der Waals surface area contributed by atoms with Crippen LogP contribution in [0.3, 0.4) is 0 Å². The Labute approximate surface area is 255 Å². The first-order valence-corrected chi connectivity index (χ1v) is 16.0. The smallest absolute Gasteiger partial charge is 0.427 e. The minimum Gasteiger partial charge on any atom is -0.489 e. The van der Waals surface area contributed by atoms with E-state index in [0.717, 1.165) is 43.6 Å². The lowest BCUT2D eigenvalue weighted by Crippen LogP contribution is -2.34. The minimum absolute atomic E-state index is 0.00962. The molecular formula is C30H35ClFNO9S. The van der Waals surface area contributed by atoms with Crippen LogP contribution in [0, 0.1) is 5.82 Å². The van der Waals surface area contributed by atoms with E-state index in [9.17, 15) is 22.4 Å². The SMILES string of the molecule is CC(C)=C1OC(=O)N(c2cc(OC3CCCC3)c(Cl)cc2F)C1=O.CCOC1Oc2ccc(OS(C)(=O)=O)cc2C1(C)C. The summed E-state index contributed by atoms with van der Waals surface area (Å²) in [7, 11) is -3.53. The average Bonchev–Trinajstić information content (AvgIpc) is 3.58. The van der Waals surface area contributed by atoms with E-state index in [1.54, 1.807) is 32.0 Å². The minimum atomic E-state index is -3.53. The molecule has 13 heteroatoms. The molecule has 1 saturated carbocycles. The maximum Gasteiger partial charge on any atom is 0.427 e. The number of hydrogen-bond acceptors (Lipinski definition) is 9. The second-order valence-corrected chi connectivity index (χ2v) is 13.2. The molecular weight excluding hydrogens is 605 g/mol. The number of benzene rings is 2. The van der Waals surface area contributed by atoms with Gasteiger partial charge in [-0.15, -0.1) is 0 Å². The molecule has 1 atom stereocenters. The number of nitrogens with zero attached hydrogens (tertiary/aromatic N) is 1. The van der Waals surface area contributed by atoms with E-state index in [-0.39, 0.29) is 45.8 Å². The molecule has 0 bridgehead atoms. The largest absolute Gasteiger partial charge is 0.489 e. The number of rotatable bonds is 7. The van der Waals surface area contributed by atoms with E-state index in [1.165, 1.54) is 6.07 Å². The van der Waals surface area contributed by atoms with Crippen molar-refractivity contribution in [1.29, 1.82) is 0 Å². The summed E-state index contributed by atoms with van der Waals surface area (Å²) in [5, 5.41) is 0.102. The van der Waals surface area contributed by atoms with Crippen LogP contribution in [-0.2, 0) is 29.8 Å². The van der Waals surface area contributed by atoms with Crippen LogP contribution >= 0.6 is 11.6 Å². The topological polar surface area (TPSA) is 118 Å². The first kappa shape index (κ1) is 32.6. The maximum atomic E-state index is 14.3. The zero-order valence-electron chi connectivity index (χ0n) is 24.9. The zero-order chi connectivity index (χ0) is 31.7. The number of halogens is 2. The number of carbonyl (C=O) groups excluding carboxylic acids is 2. The van der Waals surface area contributed by atoms with Gasteiger partial charge in [0.15, 0.2) is 5.76 Å². The number of imide groups is 1. The van der Waals surface area contributed by atoms with Gasteiger partial charge in [0, 0.05) is 18.2 Å². The van der Waals surface area contributed by atoms with Gasteiger partial charge in [-0.2, -0.15) is 8.42 Å². The fraction of sp³-hybridized carbons (Fsp3) is 0.467. The van der Waals surface area contributed by atoms with Crippen molar-refractivity contribution in [2.75, 3.05) is 17.8 Å². The van der Waals surface area contributed by atoms with Gasteiger partial charge in [-0.25, -0.2) is 14.1 Å². The van der Waals surface area contributed by atoms with Gasteiger partial charge in [-0.1, -0.05) is 11.6 Å². The summed E-state index contributed by atoms with van der Waals surface area (Å²) in [5.41, 5.74) is 0.834. The highest BCUT2D eigenvalue weighted by Crippen LogP contribution is 2.45. The van der Waals surface area contributed by atoms with E-state index < -0.39 is 27.9 Å². The third-order valence-electron chi connectivity index (χ3n) is 7.10. The molecule has 234 valence electrons. The van der Waals surface area contributed by atoms with E-state index in [0.29, 0.717) is 22.8 Å². The summed E-state index contributed by atoms with van der Waals surface area (Å²) in [5.74, 6) is -0.342. The van der Waals surface area contributed by atoms with Gasteiger partial charge in [0.2, 0.25) is 6.29 Å². The zero-order valence-corrected chi connectivity index (χ0v) is 26.4. The molecule has 0 spiro atoms. The van der Waals surface area contributed by atoms with Crippen LogP contribution < -0.4 is 18.6 Å². The highest BCUT2D eigenvalue weighted by molar-refractivity contribution is 7.86. The van der Waals surface area contributed by atoms with Gasteiger partial charge >= 0.3 is 22.1 Å². The quantitative estimate of drug-likeness (QED) is 0.243. The molecule has 2 aromatic rings. The molecule has 1 aliphatic carbocycles. The van der Waals surface area contributed by atoms with Crippen molar-refractivity contribution in [2.45, 2.75) is 78.1 Å².